The molecule has 0 unspecified atom stereocenters. The number of piperazine rings is 1. The maximum atomic E-state index is 12.6. The second-order valence-corrected chi connectivity index (χ2v) is 7.11. The number of amides is 1. The van der Waals surface area contributed by atoms with Crippen molar-refractivity contribution in [2.24, 2.45) is 7.05 Å². The van der Waals surface area contributed by atoms with Gasteiger partial charge in [-0.3, -0.25) is 14.3 Å². The highest BCUT2D eigenvalue weighted by Gasteiger charge is 2.25. The van der Waals surface area contributed by atoms with Crippen molar-refractivity contribution in [2.45, 2.75) is 0 Å². The van der Waals surface area contributed by atoms with E-state index in [0.717, 1.165) is 16.9 Å². The van der Waals surface area contributed by atoms with Gasteiger partial charge in [0.25, 0.3) is 5.91 Å². The molecular weight excluding hydrogens is 403 g/mol. The zero-order chi connectivity index (χ0) is 22.0. The van der Waals surface area contributed by atoms with E-state index in [2.05, 4.69) is 20.0 Å². The van der Waals surface area contributed by atoms with Crippen molar-refractivity contribution in [2.75, 3.05) is 37.7 Å². The number of ether oxygens (including phenoxy) is 1. The van der Waals surface area contributed by atoms with Crippen molar-refractivity contribution >= 4 is 41.6 Å². The molecule has 1 aromatic carbocycles. The number of carbonyl (C=O) groups excluding carboxylic acids is 2. The van der Waals surface area contributed by atoms with Crippen LogP contribution in [0.3, 0.4) is 0 Å². The van der Waals surface area contributed by atoms with Crippen molar-refractivity contribution in [3.05, 3.63) is 36.3 Å². The normalized spacial score (nSPS) is 14.0. The van der Waals surface area contributed by atoms with E-state index in [9.17, 15) is 19.6 Å². The molecule has 0 spiro atoms. The summed E-state index contributed by atoms with van der Waals surface area (Å²) >= 11 is 0. The maximum Gasteiger partial charge on any atom is 0.489 e. The Morgan fingerprint density at radius 2 is 2.00 bits per heavy atom. The molecule has 11 nitrogen and oxygen atoms in total. The molecule has 1 amide bonds. The molecule has 12 heteroatoms. The molecule has 2 aromatic heterocycles. The molecule has 3 heterocycles. The fourth-order valence-corrected chi connectivity index (χ4v) is 3.64. The summed E-state index contributed by atoms with van der Waals surface area (Å²) < 4.78 is 7.21. The van der Waals surface area contributed by atoms with Gasteiger partial charge >= 0.3 is 7.12 Å². The monoisotopic (exact) mass is 424 g/mol. The van der Waals surface area contributed by atoms with Crippen molar-refractivity contribution in [3.63, 3.8) is 0 Å². The number of fused-ring (bicyclic) bond motifs is 1. The van der Waals surface area contributed by atoms with E-state index in [-0.39, 0.29) is 29.3 Å². The number of rotatable bonds is 6. The van der Waals surface area contributed by atoms with Crippen molar-refractivity contribution < 1.29 is 24.4 Å². The van der Waals surface area contributed by atoms with Crippen LogP contribution in [0.15, 0.2) is 30.7 Å². The summed E-state index contributed by atoms with van der Waals surface area (Å²) in [6.45, 7) is 1.91. The Bertz CT molecular complexity index is 1110. The average Bonchev–Trinajstić information content (AvgIpc) is 3.18. The van der Waals surface area contributed by atoms with E-state index >= 15 is 0 Å². The minimum Gasteiger partial charge on any atom is -0.483 e. The van der Waals surface area contributed by atoms with Gasteiger partial charge in [-0.15, -0.1) is 0 Å². The second-order valence-electron chi connectivity index (χ2n) is 7.11. The lowest BCUT2D eigenvalue weighted by Crippen LogP contribution is -2.50. The number of hydrogen-bond acceptors (Lipinski definition) is 9. The van der Waals surface area contributed by atoms with Crippen LogP contribution in [0.5, 0.6) is 5.75 Å². The number of anilines is 1. The van der Waals surface area contributed by atoms with Crippen LogP contribution >= 0.6 is 0 Å². The van der Waals surface area contributed by atoms with Gasteiger partial charge < -0.3 is 24.6 Å². The second kappa shape index (κ2) is 8.70. The van der Waals surface area contributed by atoms with Crippen LogP contribution in [0.1, 0.15) is 10.4 Å². The molecule has 3 aromatic rings. The van der Waals surface area contributed by atoms with Gasteiger partial charge in [0.2, 0.25) is 0 Å². The summed E-state index contributed by atoms with van der Waals surface area (Å²) in [6, 6.07) is 4.45. The first-order valence-electron chi connectivity index (χ1n) is 9.72. The highest BCUT2D eigenvalue weighted by molar-refractivity contribution is 6.60. The van der Waals surface area contributed by atoms with Crippen LogP contribution in [0.2, 0.25) is 0 Å². The summed E-state index contributed by atoms with van der Waals surface area (Å²) in [5.74, 6) is 0.699. The lowest BCUT2D eigenvalue weighted by atomic mass is 9.77. The summed E-state index contributed by atoms with van der Waals surface area (Å²) in [6.07, 6.45) is 3.72. The third-order valence-corrected chi connectivity index (χ3v) is 5.29. The van der Waals surface area contributed by atoms with Crippen LogP contribution in [0.4, 0.5) is 5.82 Å². The predicted octanol–water partition coefficient (Wildman–Crippen LogP) is -1.42. The van der Waals surface area contributed by atoms with Gasteiger partial charge in [0.15, 0.2) is 18.5 Å². The lowest BCUT2D eigenvalue weighted by Gasteiger charge is -2.35. The molecule has 31 heavy (non-hydrogen) atoms. The zero-order valence-corrected chi connectivity index (χ0v) is 16.9. The lowest BCUT2D eigenvalue weighted by molar-refractivity contribution is -0.133. The van der Waals surface area contributed by atoms with Crippen LogP contribution in [-0.4, -0.2) is 86.8 Å². The van der Waals surface area contributed by atoms with Crippen LogP contribution in [0, 0.1) is 0 Å². The Morgan fingerprint density at radius 1 is 1.23 bits per heavy atom. The molecule has 0 aliphatic carbocycles. The van der Waals surface area contributed by atoms with Crippen LogP contribution in [-0.2, 0) is 11.8 Å². The third-order valence-electron chi connectivity index (χ3n) is 5.29. The largest absolute Gasteiger partial charge is 0.489 e. The first-order chi connectivity index (χ1) is 15.0. The highest BCUT2D eigenvalue weighted by atomic mass is 16.5. The smallest absolute Gasteiger partial charge is 0.483 e. The minimum atomic E-state index is -1.80. The number of aryl methyl sites for hydroxylation is 1. The van der Waals surface area contributed by atoms with Gasteiger partial charge in [0.1, 0.15) is 17.9 Å². The number of carbonyl (C=O) groups is 2. The van der Waals surface area contributed by atoms with E-state index < -0.39 is 7.12 Å². The standard InChI is InChI=1S/C19H21BN6O5/c1-24-18-13(9-23-24)19(22-12-21-18)26-7-5-25(6-8-26)17(28)11-31-16-4-2-3-15(20(29)30)14(16)10-27/h2-4,9-10,12,29-30H,5-8,11H2,1H3. The SMILES string of the molecule is Cn1ncc2c(N3CCN(C(=O)COc4cccc(B(O)O)c4C=O)CC3)ncnc21. The Balaban J connectivity index is 1.38. The van der Waals surface area contributed by atoms with Crippen molar-refractivity contribution in [1.82, 2.24) is 24.6 Å². The number of hydrogen-bond donors (Lipinski definition) is 2. The van der Waals surface area contributed by atoms with Gasteiger partial charge in [-0.2, -0.15) is 5.10 Å². The quantitative estimate of drug-likeness (QED) is 0.361. The third kappa shape index (κ3) is 4.07. The molecule has 1 saturated heterocycles. The fraction of sp³-hybridized carbons (Fsp3) is 0.316. The fourth-order valence-electron chi connectivity index (χ4n) is 3.64. The molecule has 160 valence electrons. The summed E-state index contributed by atoms with van der Waals surface area (Å²) in [5, 5.41) is 23.8. The van der Waals surface area contributed by atoms with Crippen LogP contribution in [0.25, 0.3) is 11.0 Å². The Morgan fingerprint density at radius 3 is 2.71 bits per heavy atom. The molecule has 1 aliphatic heterocycles. The Hall–Kier alpha value is -3.51. The number of benzene rings is 1. The molecule has 2 N–H and O–H groups in total. The summed E-state index contributed by atoms with van der Waals surface area (Å²) in [4.78, 5) is 36.4. The molecule has 1 fully saturated rings. The van der Waals surface area contributed by atoms with E-state index in [1.54, 1.807) is 15.8 Å². The average molecular weight is 424 g/mol. The molecule has 0 atom stereocenters. The van der Waals surface area contributed by atoms with E-state index in [0.29, 0.717) is 32.5 Å². The summed E-state index contributed by atoms with van der Waals surface area (Å²) in [5.41, 5.74) is 0.789. The maximum absolute atomic E-state index is 12.6. The molecule has 0 bridgehead atoms. The van der Waals surface area contributed by atoms with Crippen molar-refractivity contribution in [1.29, 1.82) is 0 Å². The van der Waals surface area contributed by atoms with Crippen molar-refractivity contribution in [3.8, 4) is 5.75 Å². The highest BCUT2D eigenvalue weighted by Crippen LogP contribution is 2.23. The Labute approximate surface area is 178 Å². The van der Waals surface area contributed by atoms with Gasteiger partial charge in [-0.25, -0.2) is 9.97 Å². The number of aldehydes is 1. The topological polar surface area (TPSA) is 134 Å². The molecule has 1 aliphatic rings. The van der Waals surface area contributed by atoms with E-state index in [1.807, 2.05) is 7.05 Å². The molecule has 4 rings (SSSR count). The minimum absolute atomic E-state index is 0.0133. The first kappa shape index (κ1) is 20.8. The van der Waals surface area contributed by atoms with E-state index in [1.165, 1.54) is 24.5 Å². The van der Waals surface area contributed by atoms with Gasteiger partial charge in [-0.05, 0) is 11.5 Å². The zero-order valence-electron chi connectivity index (χ0n) is 16.9. The van der Waals surface area contributed by atoms with Gasteiger partial charge in [-0.1, -0.05) is 12.1 Å². The van der Waals surface area contributed by atoms with Gasteiger partial charge in [0.05, 0.1) is 17.1 Å². The first-order valence-corrected chi connectivity index (χ1v) is 9.72. The van der Waals surface area contributed by atoms with Crippen LogP contribution < -0.4 is 15.1 Å². The molecule has 0 saturated carbocycles. The molecular formula is C19H21BN6O5. The number of aromatic nitrogens is 4. The predicted molar refractivity (Wildman–Crippen MR) is 112 cm³/mol. The Kier molecular flexibility index (Phi) is 5.82. The summed E-state index contributed by atoms with van der Waals surface area (Å²) in [7, 11) is 0.0171. The van der Waals surface area contributed by atoms with Gasteiger partial charge in [0, 0.05) is 33.2 Å². The molecule has 0 radical (unpaired) electrons. The van der Waals surface area contributed by atoms with E-state index in [4.69, 9.17) is 4.74 Å². The number of nitrogens with zero attached hydrogens (tertiary/aromatic N) is 6.